The van der Waals surface area contributed by atoms with Crippen molar-refractivity contribution in [2.45, 2.75) is 26.7 Å². The molecule has 0 spiro atoms. The Bertz CT molecular complexity index is 683. The Balaban J connectivity index is 2.08. The quantitative estimate of drug-likeness (QED) is 0.870. The molecule has 1 aromatic heterocycles. The van der Waals surface area contributed by atoms with Crippen LogP contribution in [0.4, 0.5) is 5.69 Å². The second kappa shape index (κ2) is 7.99. The Labute approximate surface area is 131 Å². The molecule has 0 aliphatic carbocycles. The first-order chi connectivity index (χ1) is 10.7. The summed E-state index contributed by atoms with van der Waals surface area (Å²) in [6.45, 7) is 4.03. The number of rotatable bonds is 4. The van der Waals surface area contributed by atoms with E-state index in [1.165, 1.54) is 0 Å². The van der Waals surface area contributed by atoms with E-state index in [4.69, 9.17) is 0 Å². The fraction of sp³-hybridized carbons (Fsp3) is 0.263. The summed E-state index contributed by atoms with van der Waals surface area (Å²) in [5, 5.41) is 2.94. The van der Waals surface area contributed by atoms with Crippen LogP contribution in [-0.2, 0) is 4.79 Å². The molecule has 2 aromatic rings. The molecule has 1 aromatic carbocycles. The lowest BCUT2D eigenvalue weighted by Crippen LogP contribution is -2.20. The summed E-state index contributed by atoms with van der Waals surface area (Å²) in [5.74, 6) is 6.15. The summed E-state index contributed by atoms with van der Waals surface area (Å²) in [7, 11) is 0. The highest BCUT2D eigenvalue weighted by Gasteiger charge is 2.11. The third-order valence-corrected chi connectivity index (χ3v) is 3.30. The topological polar surface area (TPSA) is 42.0 Å². The van der Waals surface area contributed by atoms with Gasteiger partial charge in [-0.25, -0.2) is 4.98 Å². The summed E-state index contributed by atoms with van der Waals surface area (Å²) in [6, 6.07) is 13.2. The van der Waals surface area contributed by atoms with Crippen LogP contribution in [0.25, 0.3) is 0 Å². The number of carbonyl (C=O) groups is 1. The lowest BCUT2D eigenvalue weighted by atomic mass is 10.1. The molecule has 1 N–H and O–H groups in total. The molecule has 0 fully saturated rings. The van der Waals surface area contributed by atoms with Gasteiger partial charge in [0.2, 0.25) is 5.91 Å². The Morgan fingerprint density at radius 1 is 1.23 bits per heavy atom. The fourth-order valence-corrected chi connectivity index (χ4v) is 2.08. The molecule has 1 atom stereocenters. The first-order valence-electron chi connectivity index (χ1n) is 7.53. The van der Waals surface area contributed by atoms with Crippen molar-refractivity contribution in [1.29, 1.82) is 0 Å². The van der Waals surface area contributed by atoms with Gasteiger partial charge in [-0.2, -0.15) is 0 Å². The van der Waals surface area contributed by atoms with Crippen molar-refractivity contribution in [3.63, 3.8) is 0 Å². The third-order valence-electron chi connectivity index (χ3n) is 3.30. The zero-order chi connectivity index (χ0) is 15.8. The van der Waals surface area contributed by atoms with Gasteiger partial charge in [0.25, 0.3) is 0 Å². The molecule has 0 aliphatic heterocycles. The van der Waals surface area contributed by atoms with Gasteiger partial charge in [0.15, 0.2) is 0 Å². The second-order valence-corrected chi connectivity index (χ2v) is 5.22. The Morgan fingerprint density at radius 3 is 2.82 bits per heavy atom. The molecule has 0 bridgehead atoms. The van der Waals surface area contributed by atoms with Crippen LogP contribution in [0.15, 0.2) is 48.7 Å². The van der Waals surface area contributed by atoms with E-state index in [-0.39, 0.29) is 11.8 Å². The van der Waals surface area contributed by atoms with Crippen LogP contribution >= 0.6 is 0 Å². The number of pyridine rings is 1. The summed E-state index contributed by atoms with van der Waals surface area (Å²) >= 11 is 0. The van der Waals surface area contributed by atoms with E-state index >= 15 is 0 Å². The van der Waals surface area contributed by atoms with Crippen molar-refractivity contribution in [1.82, 2.24) is 4.98 Å². The van der Waals surface area contributed by atoms with Gasteiger partial charge in [-0.3, -0.25) is 4.79 Å². The maximum absolute atomic E-state index is 12.0. The largest absolute Gasteiger partial charge is 0.326 e. The highest BCUT2D eigenvalue weighted by atomic mass is 16.1. The van der Waals surface area contributed by atoms with E-state index in [1.807, 2.05) is 49.4 Å². The molecular formula is C19H20N2O. The lowest BCUT2D eigenvalue weighted by molar-refractivity contribution is -0.119. The van der Waals surface area contributed by atoms with Crippen LogP contribution in [0.3, 0.4) is 0 Å². The van der Waals surface area contributed by atoms with Gasteiger partial charge in [0, 0.05) is 23.4 Å². The fourth-order valence-electron chi connectivity index (χ4n) is 2.08. The molecule has 22 heavy (non-hydrogen) atoms. The molecular weight excluding hydrogens is 272 g/mol. The second-order valence-electron chi connectivity index (χ2n) is 5.22. The minimum Gasteiger partial charge on any atom is -0.326 e. The maximum atomic E-state index is 12.0. The zero-order valence-corrected chi connectivity index (χ0v) is 13.0. The highest BCUT2D eigenvalue weighted by molar-refractivity contribution is 5.92. The number of hydrogen-bond acceptors (Lipinski definition) is 2. The number of aromatic nitrogens is 1. The SMILES string of the molecule is CCCC(C)C(=O)Nc1cccc(C#Cc2ccccn2)c1. The number of benzene rings is 1. The predicted molar refractivity (Wildman–Crippen MR) is 89.4 cm³/mol. The van der Waals surface area contributed by atoms with Gasteiger partial charge in [0.05, 0.1) is 0 Å². The highest BCUT2D eigenvalue weighted by Crippen LogP contribution is 2.13. The van der Waals surface area contributed by atoms with Crippen molar-refractivity contribution in [3.05, 3.63) is 59.9 Å². The van der Waals surface area contributed by atoms with E-state index in [0.717, 1.165) is 29.8 Å². The Kier molecular flexibility index (Phi) is 5.73. The average molecular weight is 292 g/mol. The zero-order valence-electron chi connectivity index (χ0n) is 13.0. The van der Waals surface area contributed by atoms with E-state index < -0.39 is 0 Å². The summed E-state index contributed by atoms with van der Waals surface area (Å²) in [5.41, 5.74) is 2.36. The normalized spacial score (nSPS) is 11.2. The van der Waals surface area contributed by atoms with Crippen molar-refractivity contribution in [3.8, 4) is 11.8 Å². The minimum absolute atomic E-state index is 0.0215. The molecule has 1 heterocycles. The Hall–Kier alpha value is -2.60. The molecule has 2 rings (SSSR count). The van der Waals surface area contributed by atoms with Crippen LogP contribution in [0.2, 0.25) is 0 Å². The molecule has 1 unspecified atom stereocenters. The standard InChI is InChI=1S/C19H20N2O/c1-3-7-15(2)19(22)21-18-10-6-8-16(14-18)11-12-17-9-4-5-13-20-17/h4-6,8-10,13-15H,3,7H2,1-2H3,(H,21,22). The van der Waals surface area contributed by atoms with E-state index in [1.54, 1.807) is 6.20 Å². The number of amides is 1. The molecule has 0 saturated heterocycles. The van der Waals surface area contributed by atoms with Crippen molar-refractivity contribution in [2.75, 3.05) is 5.32 Å². The van der Waals surface area contributed by atoms with Crippen molar-refractivity contribution in [2.24, 2.45) is 5.92 Å². The van der Waals surface area contributed by atoms with Gasteiger partial charge in [-0.05, 0) is 42.7 Å². The smallest absolute Gasteiger partial charge is 0.227 e. The lowest BCUT2D eigenvalue weighted by Gasteiger charge is -2.11. The number of nitrogens with zero attached hydrogens (tertiary/aromatic N) is 1. The van der Waals surface area contributed by atoms with Crippen molar-refractivity contribution >= 4 is 11.6 Å². The van der Waals surface area contributed by atoms with E-state index in [9.17, 15) is 4.79 Å². The predicted octanol–water partition coefficient (Wildman–Crippen LogP) is 3.86. The van der Waals surface area contributed by atoms with E-state index in [2.05, 4.69) is 29.1 Å². The van der Waals surface area contributed by atoms with Gasteiger partial charge < -0.3 is 5.32 Å². The number of nitrogens with one attached hydrogen (secondary N) is 1. The van der Waals surface area contributed by atoms with Gasteiger partial charge >= 0.3 is 0 Å². The maximum Gasteiger partial charge on any atom is 0.227 e. The summed E-state index contributed by atoms with van der Waals surface area (Å²) < 4.78 is 0. The molecule has 0 radical (unpaired) electrons. The van der Waals surface area contributed by atoms with Gasteiger partial charge in [-0.1, -0.05) is 38.3 Å². The third kappa shape index (κ3) is 4.75. The Morgan fingerprint density at radius 2 is 2.09 bits per heavy atom. The average Bonchev–Trinajstić information content (AvgIpc) is 2.54. The molecule has 1 amide bonds. The molecule has 0 aliphatic rings. The number of hydrogen-bond donors (Lipinski definition) is 1. The van der Waals surface area contributed by atoms with E-state index in [0.29, 0.717) is 0 Å². The number of carbonyl (C=O) groups excluding carboxylic acids is 1. The van der Waals surface area contributed by atoms with Crippen LogP contribution in [0, 0.1) is 17.8 Å². The molecule has 3 heteroatoms. The van der Waals surface area contributed by atoms with Crippen LogP contribution in [0.1, 0.15) is 37.9 Å². The first-order valence-corrected chi connectivity index (χ1v) is 7.53. The number of anilines is 1. The van der Waals surface area contributed by atoms with Gasteiger partial charge in [-0.15, -0.1) is 0 Å². The summed E-state index contributed by atoms with van der Waals surface area (Å²) in [6.07, 6.45) is 3.62. The first kappa shape index (κ1) is 15.8. The summed E-state index contributed by atoms with van der Waals surface area (Å²) in [4.78, 5) is 16.2. The molecule has 0 saturated carbocycles. The minimum atomic E-state index is 0.0215. The monoisotopic (exact) mass is 292 g/mol. The van der Waals surface area contributed by atoms with Crippen molar-refractivity contribution < 1.29 is 4.79 Å². The van der Waals surface area contributed by atoms with Crippen LogP contribution < -0.4 is 5.32 Å². The van der Waals surface area contributed by atoms with Crippen LogP contribution in [-0.4, -0.2) is 10.9 Å². The molecule has 3 nitrogen and oxygen atoms in total. The van der Waals surface area contributed by atoms with Crippen LogP contribution in [0.5, 0.6) is 0 Å². The van der Waals surface area contributed by atoms with Gasteiger partial charge in [0.1, 0.15) is 5.69 Å². The molecule has 112 valence electrons.